The number of ether oxygens (including phenoxy) is 1. The topological polar surface area (TPSA) is 18.5 Å². The van der Waals surface area contributed by atoms with Crippen LogP contribution in [0.4, 0.5) is 0 Å². The zero-order chi connectivity index (χ0) is 16.0. The smallest absolute Gasteiger partial charge is 0.193 e. The lowest BCUT2D eigenvalue weighted by atomic mass is 9.83. The average Bonchev–Trinajstić information content (AvgIpc) is 2.26. The third-order valence-corrected chi connectivity index (χ3v) is 8.44. The first-order chi connectivity index (χ1) is 8.98. The Morgan fingerprint density at radius 2 is 1.75 bits per heavy atom. The lowest BCUT2D eigenvalue weighted by Crippen LogP contribution is -2.47. The third kappa shape index (κ3) is 5.72. The second-order valence-corrected chi connectivity index (χ2v) is 12.2. The van der Waals surface area contributed by atoms with Crippen LogP contribution in [0.2, 0.25) is 18.1 Å². The van der Waals surface area contributed by atoms with Gasteiger partial charge in [-0.25, -0.2) is 0 Å². The molecule has 0 N–H and O–H groups in total. The Morgan fingerprint density at radius 1 is 1.20 bits per heavy atom. The van der Waals surface area contributed by atoms with E-state index in [0.29, 0.717) is 6.61 Å². The van der Waals surface area contributed by atoms with Crippen molar-refractivity contribution in [3.63, 3.8) is 0 Å². The van der Waals surface area contributed by atoms with Crippen LogP contribution in [0.15, 0.2) is 12.7 Å². The second-order valence-electron chi connectivity index (χ2n) is 7.42. The molecule has 2 nitrogen and oxygen atoms in total. The fourth-order valence-electron chi connectivity index (χ4n) is 1.50. The molecule has 0 aliphatic rings. The first kappa shape index (κ1) is 19.3. The minimum absolute atomic E-state index is 0.0681. The first-order valence-corrected chi connectivity index (χ1v) is 10.3. The lowest BCUT2D eigenvalue weighted by molar-refractivity contribution is 0.108. The van der Waals surface area contributed by atoms with Gasteiger partial charge < -0.3 is 9.16 Å². The number of hydrogen-bond donors (Lipinski definition) is 0. The van der Waals surface area contributed by atoms with Crippen LogP contribution >= 0.6 is 0 Å². The van der Waals surface area contributed by atoms with Crippen LogP contribution in [0.3, 0.4) is 0 Å². The Kier molecular flexibility index (Phi) is 7.07. The molecule has 116 valence electrons. The fraction of sp³-hybridized carbons (Fsp3) is 0.765. The molecule has 20 heavy (non-hydrogen) atoms. The van der Waals surface area contributed by atoms with E-state index >= 15 is 0 Å². The molecule has 0 fully saturated rings. The van der Waals surface area contributed by atoms with Crippen molar-refractivity contribution in [2.75, 3.05) is 6.61 Å². The van der Waals surface area contributed by atoms with Gasteiger partial charge in [0.15, 0.2) is 8.32 Å². The van der Waals surface area contributed by atoms with Gasteiger partial charge in [-0.3, -0.25) is 0 Å². The SMILES string of the molecule is C=CCC(C)(C)C(C#COCC)O[Si](C)(C)C(C)(C)C. The molecule has 0 saturated heterocycles. The van der Waals surface area contributed by atoms with Crippen molar-refractivity contribution in [1.29, 1.82) is 0 Å². The maximum Gasteiger partial charge on any atom is 0.193 e. The molecule has 3 heteroatoms. The number of allylic oxidation sites excluding steroid dienone is 1. The third-order valence-electron chi connectivity index (χ3n) is 4.01. The Hall–Kier alpha value is -0.723. The Balaban J connectivity index is 5.26. The van der Waals surface area contributed by atoms with Crippen LogP contribution < -0.4 is 0 Å². The van der Waals surface area contributed by atoms with Gasteiger partial charge in [0.05, 0.1) is 6.61 Å². The minimum Gasteiger partial charge on any atom is -0.447 e. The van der Waals surface area contributed by atoms with Gasteiger partial charge in [0.25, 0.3) is 0 Å². The molecule has 0 aromatic carbocycles. The maximum absolute atomic E-state index is 6.50. The molecule has 1 unspecified atom stereocenters. The van der Waals surface area contributed by atoms with Crippen molar-refractivity contribution in [2.45, 2.75) is 72.2 Å². The predicted octanol–water partition coefficient (Wildman–Crippen LogP) is 4.98. The molecule has 0 bridgehead atoms. The van der Waals surface area contributed by atoms with Gasteiger partial charge in [0.2, 0.25) is 0 Å². The summed E-state index contributed by atoms with van der Waals surface area (Å²) in [5, 5.41) is 0.169. The number of rotatable bonds is 6. The molecule has 0 saturated carbocycles. The van der Waals surface area contributed by atoms with E-state index in [2.05, 4.69) is 66.3 Å². The second kappa shape index (κ2) is 7.33. The van der Waals surface area contributed by atoms with E-state index in [1.807, 2.05) is 13.0 Å². The van der Waals surface area contributed by atoms with E-state index in [1.54, 1.807) is 0 Å². The molecule has 0 aromatic rings. The quantitative estimate of drug-likeness (QED) is 0.391. The average molecular weight is 297 g/mol. The van der Waals surface area contributed by atoms with Crippen LogP contribution in [0.25, 0.3) is 0 Å². The molecule has 0 spiro atoms. The summed E-state index contributed by atoms with van der Waals surface area (Å²) in [4.78, 5) is 0. The van der Waals surface area contributed by atoms with Gasteiger partial charge in [-0.05, 0) is 37.4 Å². The summed E-state index contributed by atoms with van der Waals surface area (Å²) >= 11 is 0. The van der Waals surface area contributed by atoms with Gasteiger partial charge in [-0.1, -0.05) is 40.7 Å². The molecular formula is C17H32O2Si. The fourth-order valence-corrected chi connectivity index (χ4v) is 2.82. The largest absolute Gasteiger partial charge is 0.447 e. The van der Waals surface area contributed by atoms with Crippen molar-refractivity contribution in [2.24, 2.45) is 5.41 Å². The van der Waals surface area contributed by atoms with E-state index < -0.39 is 8.32 Å². The molecule has 0 heterocycles. The minimum atomic E-state index is -1.86. The Bertz CT molecular complexity index is 367. The Labute approximate surface area is 127 Å². The first-order valence-electron chi connectivity index (χ1n) is 7.39. The van der Waals surface area contributed by atoms with Crippen LogP contribution in [-0.4, -0.2) is 21.0 Å². The van der Waals surface area contributed by atoms with Crippen molar-refractivity contribution >= 4 is 8.32 Å². The molecule has 1 atom stereocenters. The van der Waals surface area contributed by atoms with E-state index in [1.165, 1.54) is 0 Å². The summed E-state index contributed by atoms with van der Waals surface area (Å²) in [6, 6.07) is 0. The zero-order valence-electron chi connectivity index (χ0n) is 14.6. The summed E-state index contributed by atoms with van der Waals surface area (Å²) < 4.78 is 11.7. The Morgan fingerprint density at radius 3 is 2.15 bits per heavy atom. The van der Waals surface area contributed by atoms with Crippen LogP contribution in [0.5, 0.6) is 0 Å². The highest BCUT2D eigenvalue weighted by atomic mass is 28.4. The van der Waals surface area contributed by atoms with Gasteiger partial charge in [-0.2, -0.15) is 0 Å². The van der Waals surface area contributed by atoms with Crippen molar-refractivity contribution in [3.8, 4) is 12.0 Å². The van der Waals surface area contributed by atoms with Crippen LogP contribution in [0.1, 0.15) is 48.0 Å². The van der Waals surface area contributed by atoms with E-state index in [9.17, 15) is 0 Å². The summed E-state index contributed by atoms with van der Waals surface area (Å²) in [6.45, 7) is 22.0. The normalized spacial score (nSPS) is 14.2. The monoisotopic (exact) mass is 296 g/mol. The van der Waals surface area contributed by atoms with E-state index in [-0.39, 0.29) is 16.6 Å². The standard InChI is InChI=1S/C17H32O2Si/c1-10-13-17(6,7)15(12-14-18-11-2)19-20(8,9)16(3,4)5/h10,15H,1,11,13H2,2-9H3. The summed E-state index contributed by atoms with van der Waals surface area (Å²) in [5.41, 5.74) is -0.0681. The highest BCUT2D eigenvalue weighted by Gasteiger charge is 2.42. The maximum atomic E-state index is 6.50. The summed E-state index contributed by atoms with van der Waals surface area (Å²) in [7, 11) is -1.86. The van der Waals surface area contributed by atoms with Crippen molar-refractivity contribution in [3.05, 3.63) is 12.7 Å². The molecule has 0 amide bonds. The highest BCUT2D eigenvalue weighted by molar-refractivity contribution is 6.74. The van der Waals surface area contributed by atoms with Crippen LogP contribution in [0, 0.1) is 17.4 Å². The predicted molar refractivity (Wildman–Crippen MR) is 90.1 cm³/mol. The van der Waals surface area contributed by atoms with E-state index in [4.69, 9.17) is 9.16 Å². The lowest BCUT2D eigenvalue weighted by Gasteiger charge is -2.42. The number of hydrogen-bond acceptors (Lipinski definition) is 2. The molecule has 0 aliphatic carbocycles. The van der Waals surface area contributed by atoms with Gasteiger partial charge >= 0.3 is 0 Å². The van der Waals surface area contributed by atoms with Crippen molar-refractivity contribution < 1.29 is 9.16 Å². The zero-order valence-corrected chi connectivity index (χ0v) is 15.6. The van der Waals surface area contributed by atoms with Gasteiger partial charge in [0, 0.05) is 5.41 Å². The van der Waals surface area contributed by atoms with Gasteiger partial charge in [0.1, 0.15) is 12.2 Å². The highest BCUT2D eigenvalue weighted by Crippen LogP contribution is 2.40. The molecular weight excluding hydrogens is 264 g/mol. The van der Waals surface area contributed by atoms with Crippen LogP contribution in [-0.2, 0) is 9.16 Å². The van der Waals surface area contributed by atoms with Gasteiger partial charge in [-0.15, -0.1) is 6.58 Å². The summed E-state index contributed by atoms with van der Waals surface area (Å²) in [5.74, 6) is 3.17. The molecule has 0 aliphatic heterocycles. The molecule has 0 radical (unpaired) electrons. The van der Waals surface area contributed by atoms with Crippen molar-refractivity contribution in [1.82, 2.24) is 0 Å². The van der Waals surface area contributed by atoms with E-state index in [0.717, 1.165) is 6.42 Å². The summed E-state index contributed by atoms with van der Waals surface area (Å²) in [6.07, 6.45) is 5.46. The molecule has 0 aromatic heterocycles. The molecule has 0 rings (SSSR count).